The minimum atomic E-state index is -1.17. The summed E-state index contributed by atoms with van der Waals surface area (Å²) in [4.78, 5) is 14.1. The van der Waals surface area contributed by atoms with Crippen molar-refractivity contribution in [3.8, 4) is 0 Å². The van der Waals surface area contributed by atoms with Gasteiger partial charge in [0.15, 0.2) is 0 Å². The maximum atomic E-state index is 12.7. The van der Waals surface area contributed by atoms with Gasteiger partial charge in [0.05, 0.1) is 18.2 Å². The Hall–Kier alpha value is -0.500. The van der Waals surface area contributed by atoms with Gasteiger partial charge in [0.25, 0.3) is 0 Å². The van der Waals surface area contributed by atoms with Crippen LogP contribution in [0.1, 0.15) is 68.2 Å². The van der Waals surface area contributed by atoms with Crippen LogP contribution in [0, 0.1) is 5.41 Å². The quantitative estimate of drug-likeness (QED) is 0.735. The average molecular weight is 389 g/mol. The van der Waals surface area contributed by atoms with Gasteiger partial charge in [-0.05, 0) is 54.4 Å². The van der Waals surface area contributed by atoms with Crippen LogP contribution in [0.2, 0.25) is 0 Å². The molecule has 0 aromatic carbocycles. The molecule has 0 aliphatic carbocycles. The Bertz CT molecular complexity index is 517. The van der Waals surface area contributed by atoms with Gasteiger partial charge in [0, 0.05) is 29.9 Å². The lowest BCUT2D eigenvalue weighted by Crippen LogP contribution is -2.61. The largest absolute Gasteiger partial charge is 0.598 e. The van der Waals surface area contributed by atoms with Crippen LogP contribution < -0.4 is 4.72 Å². The Morgan fingerprint density at radius 2 is 1.73 bits per heavy atom. The Morgan fingerprint density at radius 3 is 2.19 bits per heavy atom. The summed E-state index contributed by atoms with van der Waals surface area (Å²) in [7, 11) is 0. The summed E-state index contributed by atoms with van der Waals surface area (Å²) in [6, 6.07) is -0.0177. The van der Waals surface area contributed by atoms with Crippen molar-refractivity contribution in [3.63, 3.8) is 0 Å². The van der Waals surface area contributed by atoms with Crippen LogP contribution in [-0.2, 0) is 20.8 Å². The molecule has 1 spiro atoms. The van der Waals surface area contributed by atoms with E-state index in [1.807, 2.05) is 41.5 Å². The van der Waals surface area contributed by atoms with Crippen molar-refractivity contribution < 1.29 is 18.8 Å². The molecule has 26 heavy (non-hydrogen) atoms. The summed E-state index contributed by atoms with van der Waals surface area (Å²) in [5.74, 6) is 0. The maximum absolute atomic E-state index is 12.7. The van der Waals surface area contributed by atoms with Gasteiger partial charge in [0.1, 0.15) is 10.3 Å². The zero-order valence-electron chi connectivity index (χ0n) is 17.6. The second-order valence-corrected chi connectivity index (χ2v) is 12.2. The molecule has 2 saturated heterocycles. The van der Waals surface area contributed by atoms with E-state index in [1.54, 1.807) is 4.90 Å². The number of carbonyl (C=O) groups is 1. The van der Waals surface area contributed by atoms with Crippen LogP contribution in [-0.4, -0.2) is 57.2 Å². The molecule has 1 amide bonds. The summed E-state index contributed by atoms with van der Waals surface area (Å²) in [5, 5.41) is 0. The van der Waals surface area contributed by atoms with Crippen molar-refractivity contribution in [3.05, 3.63) is 0 Å². The molecule has 6 nitrogen and oxygen atoms in total. The Labute approximate surface area is 161 Å². The highest BCUT2D eigenvalue weighted by Gasteiger charge is 2.57. The fourth-order valence-corrected chi connectivity index (χ4v) is 4.69. The molecule has 0 aromatic heterocycles. The first-order chi connectivity index (χ1) is 11.7. The first-order valence-electron chi connectivity index (χ1n) is 9.46. The monoisotopic (exact) mass is 388 g/mol. The summed E-state index contributed by atoms with van der Waals surface area (Å²) >= 11 is -1.17. The highest BCUT2D eigenvalue weighted by molar-refractivity contribution is 7.90. The molecule has 2 aliphatic rings. The maximum Gasteiger partial charge on any atom is 0.410 e. The van der Waals surface area contributed by atoms with Crippen molar-refractivity contribution in [1.29, 1.82) is 0 Å². The molecule has 1 N–H and O–H groups in total. The van der Waals surface area contributed by atoms with E-state index in [2.05, 4.69) is 18.6 Å². The molecule has 7 heteroatoms. The third-order valence-corrected chi connectivity index (χ3v) is 6.64. The molecule has 0 bridgehead atoms. The number of nitrogens with one attached hydrogen (secondary N) is 1. The van der Waals surface area contributed by atoms with Crippen molar-refractivity contribution in [1.82, 2.24) is 9.62 Å². The van der Waals surface area contributed by atoms with Gasteiger partial charge < -0.3 is 18.9 Å². The molecule has 2 heterocycles. The van der Waals surface area contributed by atoms with Gasteiger partial charge in [-0.1, -0.05) is 13.8 Å². The lowest BCUT2D eigenvalue weighted by molar-refractivity contribution is -0.0569. The van der Waals surface area contributed by atoms with Gasteiger partial charge in [-0.25, -0.2) is 4.79 Å². The zero-order valence-corrected chi connectivity index (χ0v) is 18.4. The van der Waals surface area contributed by atoms with E-state index < -0.39 is 17.0 Å². The second kappa shape index (κ2) is 7.15. The third kappa shape index (κ3) is 4.86. The smallest absolute Gasteiger partial charge is 0.410 e. The van der Waals surface area contributed by atoms with Gasteiger partial charge in [0.2, 0.25) is 0 Å². The van der Waals surface area contributed by atoms with Gasteiger partial charge in [-0.15, -0.1) is 4.72 Å². The van der Waals surface area contributed by atoms with E-state index in [1.165, 1.54) is 0 Å². The minimum absolute atomic E-state index is 0.0177. The summed E-state index contributed by atoms with van der Waals surface area (Å²) < 4.78 is 27.5. The predicted molar refractivity (Wildman–Crippen MR) is 104 cm³/mol. The Kier molecular flexibility index (Phi) is 5.99. The van der Waals surface area contributed by atoms with Crippen LogP contribution in [0.5, 0.6) is 0 Å². The highest BCUT2D eigenvalue weighted by Crippen LogP contribution is 2.45. The van der Waals surface area contributed by atoms with E-state index in [0.717, 1.165) is 0 Å². The lowest BCUT2D eigenvalue weighted by atomic mass is 9.75. The van der Waals surface area contributed by atoms with E-state index >= 15 is 0 Å². The molecule has 0 radical (unpaired) electrons. The predicted octanol–water partition coefficient (Wildman–Crippen LogP) is 3.23. The van der Waals surface area contributed by atoms with Gasteiger partial charge in [-0.2, -0.15) is 0 Å². The minimum Gasteiger partial charge on any atom is -0.598 e. The van der Waals surface area contributed by atoms with Crippen molar-refractivity contribution in [2.24, 2.45) is 5.41 Å². The number of ether oxygens (including phenoxy) is 2. The molecule has 2 atom stereocenters. The SMILES string of the molecule is CC(C)(C)OC(=O)N1CCC2(CC1)OCC(C)(C)C2N[S@+]([O-])C(C)(C)C. The van der Waals surface area contributed by atoms with E-state index in [-0.39, 0.29) is 27.9 Å². The van der Waals surface area contributed by atoms with Crippen molar-refractivity contribution in [2.75, 3.05) is 19.7 Å². The first-order valence-corrected chi connectivity index (χ1v) is 10.6. The third-order valence-electron chi connectivity index (χ3n) is 5.08. The number of likely N-dealkylation sites (tertiary alicyclic amines) is 1. The Morgan fingerprint density at radius 1 is 1.19 bits per heavy atom. The Balaban J connectivity index is 2.08. The molecule has 152 valence electrons. The summed E-state index contributed by atoms with van der Waals surface area (Å²) in [6.07, 6.45) is 1.16. The molecule has 2 fully saturated rings. The number of hydrogen-bond donors (Lipinski definition) is 1. The van der Waals surface area contributed by atoms with Gasteiger partial charge in [-0.3, -0.25) is 0 Å². The fraction of sp³-hybridized carbons (Fsp3) is 0.947. The summed E-state index contributed by atoms with van der Waals surface area (Å²) in [6.45, 7) is 17.6. The van der Waals surface area contributed by atoms with Gasteiger partial charge >= 0.3 is 6.09 Å². The number of rotatable bonds is 2. The molecular weight excluding hydrogens is 352 g/mol. The first kappa shape index (κ1) is 21.8. The van der Waals surface area contributed by atoms with E-state index in [4.69, 9.17) is 9.47 Å². The number of carbonyl (C=O) groups excluding carboxylic acids is 1. The summed E-state index contributed by atoms with van der Waals surface area (Å²) in [5.41, 5.74) is -0.996. The van der Waals surface area contributed by atoms with Crippen LogP contribution in [0.4, 0.5) is 4.79 Å². The molecule has 2 aliphatic heterocycles. The van der Waals surface area contributed by atoms with Crippen LogP contribution >= 0.6 is 0 Å². The van der Waals surface area contributed by atoms with Crippen molar-refractivity contribution >= 4 is 17.5 Å². The van der Waals surface area contributed by atoms with Crippen molar-refractivity contribution in [2.45, 2.75) is 90.2 Å². The molecule has 0 saturated carbocycles. The zero-order chi connectivity index (χ0) is 20.0. The second-order valence-electron chi connectivity index (χ2n) is 10.2. The standard InChI is InChI=1S/C19H36N2O4S/c1-16(2,3)25-15(22)21-11-9-19(10-12-21)14(18(7,8)13-24-19)20-26(23)17(4,5)6/h14,20H,9-13H2,1-8H3/t14?,26-/m1/s1. The topological polar surface area (TPSA) is 73.9 Å². The van der Waals surface area contributed by atoms with E-state index in [0.29, 0.717) is 32.5 Å². The lowest BCUT2D eigenvalue weighted by Gasteiger charge is -2.44. The van der Waals surface area contributed by atoms with E-state index in [9.17, 15) is 9.35 Å². The molecule has 0 aromatic rings. The molecule has 2 rings (SSSR count). The fourth-order valence-electron chi connectivity index (χ4n) is 3.59. The normalized spacial score (nSPS) is 26.8. The molecular formula is C19H36N2O4S. The number of hydrogen-bond acceptors (Lipinski definition) is 5. The number of amides is 1. The van der Waals surface area contributed by atoms with Crippen LogP contribution in [0.15, 0.2) is 0 Å². The highest BCUT2D eigenvalue weighted by atomic mass is 32.2. The van der Waals surface area contributed by atoms with Crippen LogP contribution in [0.3, 0.4) is 0 Å². The average Bonchev–Trinajstić information content (AvgIpc) is 2.70. The number of nitrogens with zero attached hydrogens (tertiary/aromatic N) is 1. The molecule has 1 unspecified atom stereocenters. The van der Waals surface area contributed by atoms with Crippen LogP contribution in [0.25, 0.3) is 0 Å². The number of piperidine rings is 1.